The van der Waals surface area contributed by atoms with Gasteiger partial charge < -0.3 is 10.5 Å². The van der Waals surface area contributed by atoms with Crippen molar-refractivity contribution in [2.24, 2.45) is 5.73 Å². The van der Waals surface area contributed by atoms with Crippen molar-refractivity contribution in [2.75, 3.05) is 19.6 Å². The minimum atomic E-state index is -0.197. The van der Waals surface area contributed by atoms with Crippen LogP contribution in [0.5, 0.6) is 0 Å². The summed E-state index contributed by atoms with van der Waals surface area (Å²) in [6.45, 7) is 2.02. The van der Waals surface area contributed by atoms with E-state index in [9.17, 15) is 4.79 Å². The SMILES string of the molecule is NCC1C=CCCN1CC(=O)OCc1ccccc1. The number of rotatable bonds is 5. The molecule has 1 aromatic rings. The van der Waals surface area contributed by atoms with Gasteiger partial charge in [-0.15, -0.1) is 0 Å². The zero-order chi connectivity index (χ0) is 13.5. The van der Waals surface area contributed by atoms with Crippen LogP contribution in [-0.2, 0) is 16.1 Å². The van der Waals surface area contributed by atoms with Gasteiger partial charge in [-0.1, -0.05) is 42.5 Å². The van der Waals surface area contributed by atoms with Crippen molar-refractivity contribution < 1.29 is 9.53 Å². The van der Waals surface area contributed by atoms with E-state index in [0.717, 1.165) is 18.5 Å². The molecule has 0 spiro atoms. The zero-order valence-corrected chi connectivity index (χ0v) is 11.0. The van der Waals surface area contributed by atoms with Crippen LogP contribution in [-0.4, -0.2) is 36.5 Å². The second-order valence-corrected chi connectivity index (χ2v) is 4.64. The maximum atomic E-state index is 11.8. The van der Waals surface area contributed by atoms with Crippen LogP contribution < -0.4 is 5.73 Å². The van der Waals surface area contributed by atoms with Crippen LogP contribution in [0, 0.1) is 0 Å². The third-order valence-corrected chi connectivity index (χ3v) is 3.23. The van der Waals surface area contributed by atoms with Gasteiger partial charge in [-0.2, -0.15) is 0 Å². The molecule has 102 valence electrons. The Morgan fingerprint density at radius 3 is 2.89 bits per heavy atom. The van der Waals surface area contributed by atoms with Crippen molar-refractivity contribution >= 4 is 5.97 Å². The van der Waals surface area contributed by atoms with Crippen molar-refractivity contribution in [1.29, 1.82) is 0 Å². The third-order valence-electron chi connectivity index (χ3n) is 3.23. The molecule has 0 amide bonds. The molecule has 0 saturated heterocycles. The second-order valence-electron chi connectivity index (χ2n) is 4.64. The van der Waals surface area contributed by atoms with Crippen LogP contribution >= 0.6 is 0 Å². The molecular weight excluding hydrogens is 240 g/mol. The molecule has 1 aromatic carbocycles. The number of nitrogens with two attached hydrogens (primary N) is 1. The van der Waals surface area contributed by atoms with E-state index in [4.69, 9.17) is 10.5 Å². The predicted molar refractivity (Wildman–Crippen MR) is 74.4 cm³/mol. The lowest BCUT2D eigenvalue weighted by molar-refractivity contribution is -0.146. The van der Waals surface area contributed by atoms with E-state index in [0.29, 0.717) is 19.7 Å². The summed E-state index contributed by atoms with van der Waals surface area (Å²) in [5.74, 6) is -0.197. The highest BCUT2D eigenvalue weighted by Crippen LogP contribution is 2.09. The Hall–Kier alpha value is -1.65. The summed E-state index contributed by atoms with van der Waals surface area (Å²) in [5.41, 5.74) is 6.69. The lowest BCUT2D eigenvalue weighted by Gasteiger charge is -2.30. The summed E-state index contributed by atoms with van der Waals surface area (Å²) in [7, 11) is 0. The molecule has 4 nitrogen and oxygen atoms in total. The summed E-state index contributed by atoms with van der Waals surface area (Å²) in [6.07, 6.45) is 5.14. The van der Waals surface area contributed by atoms with Crippen molar-refractivity contribution in [1.82, 2.24) is 4.90 Å². The van der Waals surface area contributed by atoms with E-state index >= 15 is 0 Å². The Kier molecular flexibility index (Phi) is 5.12. The molecule has 1 unspecified atom stereocenters. The average Bonchev–Trinajstić information content (AvgIpc) is 2.47. The highest BCUT2D eigenvalue weighted by molar-refractivity contribution is 5.71. The van der Waals surface area contributed by atoms with E-state index in [1.54, 1.807) is 0 Å². The third kappa shape index (κ3) is 4.19. The van der Waals surface area contributed by atoms with Gasteiger partial charge in [0.05, 0.1) is 6.54 Å². The van der Waals surface area contributed by atoms with Gasteiger partial charge in [0.2, 0.25) is 0 Å². The van der Waals surface area contributed by atoms with Gasteiger partial charge in [-0.3, -0.25) is 9.69 Å². The van der Waals surface area contributed by atoms with Crippen LogP contribution in [0.3, 0.4) is 0 Å². The van der Waals surface area contributed by atoms with Crippen molar-refractivity contribution in [3.8, 4) is 0 Å². The molecule has 0 radical (unpaired) electrons. The van der Waals surface area contributed by atoms with Gasteiger partial charge in [0, 0.05) is 19.1 Å². The molecule has 1 aliphatic heterocycles. The minimum absolute atomic E-state index is 0.151. The minimum Gasteiger partial charge on any atom is -0.460 e. The Morgan fingerprint density at radius 1 is 1.37 bits per heavy atom. The first-order chi connectivity index (χ1) is 9.29. The van der Waals surface area contributed by atoms with Crippen LogP contribution in [0.2, 0.25) is 0 Å². The van der Waals surface area contributed by atoms with Crippen LogP contribution in [0.15, 0.2) is 42.5 Å². The van der Waals surface area contributed by atoms with Gasteiger partial charge in [0.25, 0.3) is 0 Å². The molecule has 0 aromatic heterocycles. The molecule has 1 aliphatic rings. The molecule has 4 heteroatoms. The second kappa shape index (κ2) is 7.07. The summed E-state index contributed by atoms with van der Waals surface area (Å²) in [4.78, 5) is 13.9. The van der Waals surface area contributed by atoms with E-state index in [1.165, 1.54) is 0 Å². The van der Waals surface area contributed by atoms with Crippen molar-refractivity contribution in [3.05, 3.63) is 48.0 Å². The smallest absolute Gasteiger partial charge is 0.320 e. The maximum Gasteiger partial charge on any atom is 0.320 e. The Bertz CT molecular complexity index is 431. The van der Waals surface area contributed by atoms with Crippen molar-refractivity contribution in [3.63, 3.8) is 0 Å². The number of hydrogen-bond donors (Lipinski definition) is 1. The summed E-state index contributed by atoms with van der Waals surface area (Å²) < 4.78 is 5.28. The molecular formula is C15H20N2O2. The van der Waals surface area contributed by atoms with Crippen LogP contribution in [0.25, 0.3) is 0 Å². The van der Waals surface area contributed by atoms with E-state index in [1.807, 2.05) is 30.3 Å². The maximum absolute atomic E-state index is 11.8. The standard InChI is InChI=1S/C15H20N2O2/c16-10-14-8-4-5-9-17(14)11-15(18)19-12-13-6-2-1-3-7-13/h1-4,6-8,14H,5,9-12,16H2. The monoisotopic (exact) mass is 260 g/mol. The molecule has 19 heavy (non-hydrogen) atoms. The highest BCUT2D eigenvalue weighted by atomic mass is 16.5. The predicted octanol–water partition coefficient (Wildman–Crippen LogP) is 1.32. The quantitative estimate of drug-likeness (QED) is 0.641. The van der Waals surface area contributed by atoms with E-state index in [-0.39, 0.29) is 12.0 Å². The summed E-state index contributed by atoms with van der Waals surface area (Å²) in [5, 5.41) is 0. The molecule has 0 aliphatic carbocycles. The van der Waals surface area contributed by atoms with Gasteiger partial charge in [-0.25, -0.2) is 0 Å². The van der Waals surface area contributed by atoms with Gasteiger partial charge in [-0.05, 0) is 12.0 Å². The number of ether oxygens (including phenoxy) is 1. The largest absolute Gasteiger partial charge is 0.460 e. The lowest BCUT2D eigenvalue weighted by atomic mass is 10.1. The van der Waals surface area contributed by atoms with Crippen LogP contribution in [0.4, 0.5) is 0 Å². The number of benzene rings is 1. The molecule has 2 N–H and O–H groups in total. The van der Waals surface area contributed by atoms with Gasteiger partial charge in [0.15, 0.2) is 0 Å². The fourth-order valence-corrected chi connectivity index (χ4v) is 2.15. The van der Waals surface area contributed by atoms with E-state index in [2.05, 4.69) is 17.1 Å². The molecule has 1 heterocycles. The Labute approximate surface area is 113 Å². The molecule has 0 fully saturated rings. The fraction of sp³-hybridized carbons (Fsp3) is 0.400. The highest BCUT2D eigenvalue weighted by Gasteiger charge is 2.20. The summed E-state index contributed by atoms with van der Waals surface area (Å²) in [6, 6.07) is 9.85. The molecule has 1 atom stereocenters. The zero-order valence-electron chi connectivity index (χ0n) is 11.0. The summed E-state index contributed by atoms with van der Waals surface area (Å²) >= 11 is 0. The number of carbonyl (C=O) groups is 1. The first-order valence-corrected chi connectivity index (χ1v) is 6.60. The number of hydrogen-bond acceptors (Lipinski definition) is 4. The fourth-order valence-electron chi connectivity index (χ4n) is 2.15. The number of carbonyl (C=O) groups excluding carboxylic acids is 1. The van der Waals surface area contributed by atoms with Crippen molar-refractivity contribution in [2.45, 2.75) is 19.1 Å². The lowest BCUT2D eigenvalue weighted by Crippen LogP contribution is -2.44. The van der Waals surface area contributed by atoms with Gasteiger partial charge >= 0.3 is 5.97 Å². The molecule has 0 bridgehead atoms. The Morgan fingerprint density at radius 2 is 2.16 bits per heavy atom. The topological polar surface area (TPSA) is 55.6 Å². The average molecular weight is 260 g/mol. The normalized spacial score (nSPS) is 19.3. The van der Waals surface area contributed by atoms with Gasteiger partial charge in [0.1, 0.15) is 6.61 Å². The molecule has 0 saturated carbocycles. The first-order valence-electron chi connectivity index (χ1n) is 6.60. The molecule has 2 rings (SSSR count). The number of nitrogens with zero attached hydrogens (tertiary/aromatic N) is 1. The first kappa shape index (κ1) is 13.8. The van der Waals surface area contributed by atoms with Crippen LogP contribution in [0.1, 0.15) is 12.0 Å². The van der Waals surface area contributed by atoms with E-state index < -0.39 is 0 Å². The number of esters is 1. The Balaban J connectivity index is 1.79.